The average Bonchev–Trinajstić information content (AvgIpc) is 3.12. The van der Waals surface area contributed by atoms with Crippen molar-refractivity contribution in [2.24, 2.45) is 5.92 Å². The fourth-order valence-electron chi connectivity index (χ4n) is 2.36. The Hall–Kier alpha value is -0.560. The van der Waals surface area contributed by atoms with Crippen LogP contribution in [0.1, 0.15) is 25.7 Å². The van der Waals surface area contributed by atoms with Crippen molar-refractivity contribution in [1.29, 1.82) is 0 Å². The Balaban J connectivity index is 1.59. The number of terminal acetylenes is 1. The molecule has 1 unspecified atom stereocenters. The van der Waals surface area contributed by atoms with Crippen molar-refractivity contribution in [3.63, 3.8) is 0 Å². The summed E-state index contributed by atoms with van der Waals surface area (Å²) in [6, 6.07) is 0.572. The van der Waals surface area contributed by atoms with E-state index < -0.39 is 0 Å². The molecule has 0 aromatic carbocycles. The first-order chi connectivity index (χ1) is 7.79. The second-order valence-electron chi connectivity index (χ2n) is 5.07. The highest BCUT2D eigenvalue weighted by Crippen LogP contribution is 2.32. The van der Waals surface area contributed by atoms with Crippen molar-refractivity contribution in [2.45, 2.75) is 37.8 Å². The molecule has 0 radical (unpaired) electrons. The van der Waals surface area contributed by atoms with E-state index in [4.69, 9.17) is 6.42 Å². The quantitative estimate of drug-likeness (QED) is 0.663. The van der Waals surface area contributed by atoms with Crippen LogP contribution in [0.2, 0.25) is 0 Å². The Kier molecular flexibility index (Phi) is 4.22. The number of hydrogen-bond acceptors (Lipinski definition) is 3. The molecule has 90 valence electrons. The lowest BCUT2D eigenvalue weighted by Gasteiger charge is -2.31. The summed E-state index contributed by atoms with van der Waals surface area (Å²) in [5.74, 6) is 3.27. The number of nitrogens with zero attached hydrogens (tertiary/aromatic N) is 1. The molecule has 0 bridgehead atoms. The van der Waals surface area contributed by atoms with Crippen LogP contribution < -0.4 is 5.32 Å². The molecule has 1 heterocycles. The minimum absolute atomic E-state index is 0.122. The van der Waals surface area contributed by atoms with Crippen LogP contribution in [0.25, 0.3) is 0 Å². The zero-order valence-corrected chi connectivity index (χ0v) is 9.86. The van der Waals surface area contributed by atoms with E-state index in [0.717, 1.165) is 39.0 Å². The zero-order chi connectivity index (χ0) is 11.4. The van der Waals surface area contributed by atoms with E-state index in [1.54, 1.807) is 0 Å². The molecular formula is C13H22N2O. The molecule has 3 nitrogen and oxygen atoms in total. The summed E-state index contributed by atoms with van der Waals surface area (Å²) in [4.78, 5) is 2.31. The van der Waals surface area contributed by atoms with Gasteiger partial charge in [-0.25, -0.2) is 0 Å². The minimum atomic E-state index is -0.122. The van der Waals surface area contributed by atoms with Gasteiger partial charge in [-0.3, -0.25) is 4.90 Å². The molecule has 0 amide bonds. The van der Waals surface area contributed by atoms with Gasteiger partial charge in [0.15, 0.2) is 0 Å². The molecule has 1 atom stereocenters. The molecule has 0 spiro atoms. The van der Waals surface area contributed by atoms with Crippen molar-refractivity contribution >= 4 is 0 Å². The maximum atomic E-state index is 9.76. The average molecular weight is 222 g/mol. The van der Waals surface area contributed by atoms with E-state index in [9.17, 15) is 5.11 Å². The smallest absolute Gasteiger partial charge is 0.0692 e. The minimum Gasteiger partial charge on any atom is -0.392 e. The summed E-state index contributed by atoms with van der Waals surface area (Å²) in [6.45, 7) is 3.71. The molecular weight excluding hydrogens is 200 g/mol. The standard InChI is InChI=1S/C13H22N2O/c1-2-7-15-8-5-12(6-9-15)14-10-13(16)11-3-4-11/h1,11-14,16H,3-10H2. The highest BCUT2D eigenvalue weighted by molar-refractivity contribution is 4.91. The highest BCUT2D eigenvalue weighted by Gasteiger charge is 2.30. The molecule has 2 N–H and O–H groups in total. The fraction of sp³-hybridized carbons (Fsp3) is 0.846. The van der Waals surface area contributed by atoms with Gasteiger partial charge in [0.25, 0.3) is 0 Å². The maximum Gasteiger partial charge on any atom is 0.0692 e. The Bertz CT molecular complexity index is 249. The van der Waals surface area contributed by atoms with Gasteiger partial charge in [0.1, 0.15) is 0 Å². The number of aliphatic hydroxyl groups is 1. The van der Waals surface area contributed by atoms with E-state index in [1.165, 1.54) is 12.8 Å². The third-order valence-corrected chi connectivity index (χ3v) is 3.68. The lowest BCUT2D eigenvalue weighted by atomic mass is 10.0. The predicted octanol–water partition coefficient (Wildman–Crippen LogP) is 0.444. The molecule has 0 aromatic rings. The zero-order valence-electron chi connectivity index (χ0n) is 9.86. The van der Waals surface area contributed by atoms with Crippen LogP contribution in [-0.2, 0) is 0 Å². The predicted molar refractivity (Wildman–Crippen MR) is 65.0 cm³/mol. The van der Waals surface area contributed by atoms with Gasteiger partial charge in [-0.1, -0.05) is 5.92 Å². The van der Waals surface area contributed by atoms with E-state index in [-0.39, 0.29) is 6.10 Å². The van der Waals surface area contributed by atoms with Crippen molar-refractivity contribution in [2.75, 3.05) is 26.2 Å². The molecule has 1 saturated heterocycles. The lowest BCUT2D eigenvalue weighted by Crippen LogP contribution is -2.44. The third-order valence-electron chi connectivity index (χ3n) is 3.68. The Morgan fingerprint density at radius 2 is 2.00 bits per heavy atom. The van der Waals surface area contributed by atoms with Crippen LogP contribution in [0.3, 0.4) is 0 Å². The Labute approximate surface area is 98.2 Å². The van der Waals surface area contributed by atoms with Crippen LogP contribution in [-0.4, -0.2) is 48.3 Å². The second kappa shape index (κ2) is 5.67. The van der Waals surface area contributed by atoms with Gasteiger partial charge >= 0.3 is 0 Å². The summed E-state index contributed by atoms with van der Waals surface area (Å²) < 4.78 is 0. The molecule has 3 heteroatoms. The van der Waals surface area contributed by atoms with Gasteiger partial charge in [-0.05, 0) is 31.6 Å². The Morgan fingerprint density at radius 1 is 1.31 bits per heavy atom. The molecule has 1 saturated carbocycles. The monoisotopic (exact) mass is 222 g/mol. The van der Waals surface area contributed by atoms with Crippen molar-refractivity contribution < 1.29 is 5.11 Å². The molecule has 2 aliphatic rings. The lowest BCUT2D eigenvalue weighted by molar-refractivity contribution is 0.135. The SMILES string of the molecule is C#CCN1CCC(NCC(O)C2CC2)CC1. The summed E-state index contributed by atoms with van der Waals surface area (Å²) in [5.41, 5.74) is 0. The summed E-state index contributed by atoms with van der Waals surface area (Å²) in [6.07, 6.45) is 9.90. The number of rotatable bonds is 5. The summed E-state index contributed by atoms with van der Waals surface area (Å²) >= 11 is 0. The van der Waals surface area contributed by atoms with E-state index in [0.29, 0.717) is 12.0 Å². The van der Waals surface area contributed by atoms with Crippen LogP contribution in [0.5, 0.6) is 0 Å². The van der Waals surface area contributed by atoms with Crippen LogP contribution >= 0.6 is 0 Å². The molecule has 16 heavy (non-hydrogen) atoms. The second-order valence-corrected chi connectivity index (χ2v) is 5.07. The number of hydrogen-bond donors (Lipinski definition) is 2. The molecule has 1 aliphatic carbocycles. The number of likely N-dealkylation sites (tertiary alicyclic amines) is 1. The highest BCUT2D eigenvalue weighted by atomic mass is 16.3. The van der Waals surface area contributed by atoms with Gasteiger partial charge in [0, 0.05) is 25.7 Å². The summed E-state index contributed by atoms with van der Waals surface area (Å²) in [5, 5.41) is 13.2. The van der Waals surface area contributed by atoms with E-state index >= 15 is 0 Å². The molecule has 0 aromatic heterocycles. The van der Waals surface area contributed by atoms with Crippen molar-refractivity contribution in [3.8, 4) is 12.3 Å². The number of piperidine rings is 1. The van der Waals surface area contributed by atoms with E-state index in [1.807, 2.05) is 0 Å². The van der Waals surface area contributed by atoms with Gasteiger partial charge in [-0.15, -0.1) is 6.42 Å². The first-order valence-electron chi connectivity index (χ1n) is 6.37. The molecule has 1 aliphatic heterocycles. The van der Waals surface area contributed by atoms with Gasteiger partial charge in [0.2, 0.25) is 0 Å². The largest absolute Gasteiger partial charge is 0.392 e. The van der Waals surface area contributed by atoms with Gasteiger partial charge in [0.05, 0.1) is 12.6 Å². The van der Waals surface area contributed by atoms with Crippen LogP contribution in [0.4, 0.5) is 0 Å². The van der Waals surface area contributed by atoms with Crippen LogP contribution in [0.15, 0.2) is 0 Å². The van der Waals surface area contributed by atoms with Gasteiger partial charge < -0.3 is 10.4 Å². The van der Waals surface area contributed by atoms with Crippen LogP contribution in [0, 0.1) is 18.3 Å². The van der Waals surface area contributed by atoms with Gasteiger partial charge in [-0.2, -0.15) is 0 Å². The van der Waals surface area contributed by atoms with E-state index in [2.05, 4.69) is 16.1 Å². The van der Waals surface area contributed by atoms with Crippen molar-refractivity contribution in [1.82, 2.24) is 10.2 Å². The summed E-state index contributed by atoms with van der Waals surface area (Å²) in [7, 11) is 0. The Morgan fingerprint density at radius 3 is 2.56 bits per heavy atom. The normalized spacial score (nSPS) is 25.2. The number of aliphatic hydroxyl groups excluding tert-OH is 1. The first kappa shape index (κ1) is 11.9. The van der Waals surface area contributed by atoms with Crippen molar-refractivity contribution in [3.05, 3.63) is 0 Å². The number of nitrogens with one attached hydrogen (secondary N) is 1. The topological polar surface area (TPSA) is 35.5 Å². The maximum absolute atomic E-state index is 9.76. The third kappa shape index (κ3) is 3.48. The molecule has 2 rings (SSSR count). The fourth-order valence-corrected chi connectivity index (χ4v) is 2.36. The first-order valence-corrected chi connectivity index (χ1v) is 6.37. The molecule has 2 fully saturated rings.